The second-order valence-electron chi connectivity index (χ2n) is 6.42. The van der Waals surface area contributed by atoms with Gasteiger partial charge >= 0.3 is 12.4 Å². The molecule has 1 aromatic heterocycles. The highest BCUT2D eigenvalue weighted by Crippen LogP contribution is 2.37. The molecule has 1 N–H and O–H groups in total. The summed E-state index contributed by atoms with van der Waals surface area (Å²) in [5.74, 6) is -0.680. The second-order valence-corrected chi connectivity index (χ2v) is 7.29. The van der Waals surface area contributed by atoms with Crippen LogP contribution in [0.3, 0.4) is 0 Å². The SMILES string of the molecule is O=C(CN1CCN(c2nccs2)CC1)Nc1cc(C(F)(F)F)cc(C(F)(F)F)c1. The summed E-state index contributed by atoms with van der Waals surface area (Å²) in [6.45, 7) is 2.13. The topological polar surface area (TPSA) is 48.5 Å². The number of anilines is 2. The van der Waals surface area contributed by atoms with Gasteiger partial charge in [0, 0.05) is 43.4 Å². The number of nitrogens with zero attached hydrogens (tertiary/aromatic N) is 3. The minimum absolute atomic E-state index is 0.0213. The zero-order chi connectivity index (χ0) is 21.2. The molecule has 1 aromatic carbocycles. The third-order valence-corrected chi connectivity index (χ3v) is 5.13. The predicted molar refractivity (Wildman–Crippen MR) is 95.8 cm³/mol. The molecule has 12 heteroatoms. The molecule has 0 saturated carbocycles. The monoisotopic (exact) mass is 438 g/mol. The van der Waals surface area contributed by atoms with Crippen molar-refractivity contribution >= 4 is 28.1 Å². The van der Waals surface area contributed by atoms with Gasteiger partial charge in [0.15, 0.2) is 5.13 Å². The maximum atomic E-state index is 12.9. The molecule has 158 valence electrons. The van der Waals surface area contributed by atoms with Crippen LogP contribution in [0.25, 0.3) is 0 Å². The van der Waals surface area contributed by atoms with Gasteiger partial charge in [-0.25, -0.2) is 4.98 Å². The molecular formula is C17H16F6N4OS. The minimum atomic E-state index is -4.97. The average Bonchev–Trinajstić information content (AvgIpc) is 3.15. The number of carbonyl (C=O) groups excluding carboxylic acids is 1. The summed E-state index contributed by atoms with van der Waals surface area (Å²) in [6.07, 6.45) is -8.25. The Labute approximate surface area is 165 Å². The van der Waals surface area contributed by atoms with E-state index >= 15 is 0 Å². The fourth-order valence-corrected chi connectivity index (χ4v) is 3.60. The summed E-state index contributed by atoms with van der Waals surface area (Å²) < 4.78 is 77.4. The van der Waals surface area contributed by atoms with Gasteiger partial charge < -0.3 is 10.2 Å². The van der Waals surface area contributed by atoms with E-state index < -0.39 is 35.1 Å². The van der Waals surface area contributed by atoms with Gasteiger partial charge in [-0.1, -0.05) is 0 Å². The Morgan fingerprint density at radius 1 is 1.00 bits per heavy atom. The van der Waals surface area contributed by atoms with Crippen LogP contribution in [-0.2, 0) is 17.1 Å². The number of nitrogens with one attached hydrogen (secondary N) is 1. The maximum Gasteiger partial charge on any atom is 0.416 e. The molecule has 5 nitrogen and oxygen atoms in total. The molecule has 1 fully saturated rings. The van der Waals surface area contributed by atoms with Crippen molar-refractivity contribution in [3.8, 4) is 0 Å². The van der Waals surface area contributed by atoms with Crippen molar-refractivity contribution in [2.45, 2.75) is 12.4 Å². The van der Waals surface area contributed by atoms with E-state index in [0.29, 0.717) is 38.3 Å². The summed E-state index contributed by atoms with van der Waals surface area (Å²) in [4.78, 5) is 20.2. The zero-order valence-electron chi connectivity index (χ0n) is 14.8. The number of aromatic nitrogens is 1. The average molecular weight is 438 g/mol. The smallest absolute Gasteiger partial charge is 0.346 e. The number of halogens is 6. The van der Waals surface area contributed by atoms with Crippen molar-refractivity contribution in [3.05, 3.63) is 40.9 Å². The van der Waals surface area contributed by atoms with Gasteiger partial charge in [-0.15, -0.1) is 11.3 Å². The zero-order valence-corrected chi connectivity index (χ0v) is 15.7. The Bertz CT molecular complexity index is 812. The highest BCUT2D eigenvalue weighted by molar-refractivity contribution is 7.13. The Morgan fingerprint density at radius 3 is 2.07 bits per heavy atom. The van der Waals surface area contributed by atoms with Crippen LogP contribution in [0.2, 0.25) is 0 Å². The van der Waals surface area contributed by atoms with Crippen LogP contribution in [-0.4, -0.2) is 48.5 Å². The Kier molecular flexibility index (Phi) is 6.03. The number of hydrogen-bond donors (Lipinski definition) is 1. The van der Waals surface area contributed by atoms with Crippen molar-refractivity contribution in [1.82, 2.24) is 9.88 Å². The molecule has 1 aliphatic rings. The van der Waals surface area contributed by atoms with E-state index in [9.17, 15) is 31.1 Å². The molecule has 2 heterocycles. The normalized spacial score (nSPS) is 16.1. The lowest BCUT2D eigenvalue weighted by Crippen LogP contribution is -2.48. The highest BCUT2D eigenvalue weighted by Gasteiger charge is 2.37. The van der Waals surface area contributed by atoms with E-state index in [1.54, 1.807) is 11.1 Å². The first-order valence-corrected chi connectivity index (χ1v) is 9.36. The van der Waals surface area contributed by atoms with Crippen LogP contribution in [0.5, 0.6) is 0 Å². The van der Waals surface area contributed by atoms with Crippen LogP contribution in [0.15, 0.2) is 29.8 Å². The van der Waals surface area contributed by atoms with Crippen LogP contribution < -0.4 is 10.2 Å². The van der Waals surface area contributed by atoms with E-state index in [2.05, 4.69) is 10.3 Å². The van der Waals surface area contributed by atoms with Gasteiger partial charge in [0.1, 0.15) is 0 Å². The Morgan fingerprint density at radius 2 is 1.59 bits per heavy atom. The third kappa shape index (κ3) is 5.60. The number of benzene rings is 1. The number of rotatable bonds is 4. The molecule has 1 aliphatic heterocycles. The molecule has 1 amide bonds. The van der Waals surface area contributed by atoms with Crippen molar-refractivity contribution in [3.63, 3.8) is 0 Å². The first-order chi connectivity index (χ1) is 13.5. The molecule has 3 rings (SSSR count). The summed E-state index contributed by atoms with van der Waals surface area (Å²) in [5.41, 5.74) is -3.49. The molecule has 0 unspecified atom stereocenters. The van der Waals surface area contributed by atoms with E-state index in [1.165, 1.54) is 11.3 Å². The largest absolute Gasteiger partial charge is 0.416 e. The number of hydrogen-bond acceptors (Lipinski definition) is 5. The number of thiazole rings is 1. The van der Waals surface area contributed by atoms with Gasteiger partial charge in [0.25, 0.3) is 0 Å². The van der Waals surface area contributed by atoms with Crippen LogP contribution in [0.1, 0.15) is 11.1 Å². The minimum Gasteiger partial charge on any atom is -0.346 e. The number of alkyl halides is 6. The predicted octanol–water partition coefficient (Wildman–Crippen LogP) is 3.94. The second kappa shape index (κ2) is 8.19. The standard InChI is InChI=1S/C17H16F6N4OS/c18-16(19,20)11-7-12(17(21,22)23)9-13(8-11)25-14(28)10-26-2-4-27(5-3-26)15-24-1-6-29-15/h1,6-9H,2-5,10H2,(H,25,28). The number of carbonyl (C=O) groups is 1. The van der Waals surface area contributed by atoms with E-state index in [1.807, 2.05) is 10.3 Å². The van der Waals surface area contributed by atoms with Crippen LogP contribution in [0.4, 0.5) is 37.2 Å². The first kappa shape index (κ1) is 21.4. The lowest BCUT2D eigenvalue weighted by molar-refractivity contribution is -0.143. The van der Waals surface area contributed by atoms with Crippen molar-refractivity contribution in [2.75, 3.05) is 42.9 Å². The Hall–Kier alpha value is -2.34. The van der Waals surface area contributed by atoms with Crippen molar-refractivity contribution < 1.29 is 31.1 Å². The molecule has 29 heavy (non-hydrogen) atoms. The van der Waals surface area contributed by atoms with Gasteiger partial charge in [0.2, 0.25) is 5.91 Å². The number of amides is 1. The van der Waals surface area contributed by atoms with Crippen LogP contribution in [0, 0.1) is 0 Å². The first-order valence-electron chi connectivity index (χ1n) is 8.48. The molecule has 1 saturated heterocycles. The van der Waals surface area contributed by atoms with Gasteiger partial charge in [0.05, 0.1) is 17.7 Å². The van der Waals surface area contributed by atoms with Crippen LogP contribution >= 0.6 is 11.3 Å². The molecule has 0 atom stereocenters. The summed E-state index contributed by atoms with van der Waals surface area (Å²) in [5, 5.41) is 4.85. The van der Waals surface area contributed by atoms with Gasteiger partial charge in [-0.05, 0) is 18.2 Å². The molecule has 0 radical (unpaired) electrons. The molecule has 0 aliphatic carbocycles. The fraction of sp³-hybridized carbons (Fsp3) is 0.412. The van der Waals surface area contributed by atoms with Gasteiger partial charge in [-0.2, -0.15) is 26.3 Å². The summed E-state index contributed by atoms with van der Waals surface area (Å²) in [6, 6.07) is 1.01. The van der Waals surface area contributed by atoms with E-state index in [-0.39, 0.29) is 12.6 Å². The molecular weight excluding hydrogens is 422 g/mol. The van der Waals surface area contributed by atoms with E-state index in [0.717, 1.165) is 5.13 Å². The molecule has 0 bridgehead atoms. The van der Waals surface area contributed by atoms with Crippen molar-refractivity contribution in [1.29, 1.82) is 0 Å². The van der Waals surface area contributed by atoms with Crippen molar-refractivity contribution in [2.24, 2.45) is 0 Å². The third-order valence-electron chi connectivity index (χ3n) is 4.30. The highest BCUT2D eigenvalue weighted by atomic mass is 32.1. The number of piperazine rings is 1. The molecule has 2 aromatic rings. The maximum absolute atomic E-state index is 12.9. The quantitative estimate of drug-likeness (QED) is 0.735. The summed E-state index contributed by atoms with van der Waals surface area (Å²) in [7, 11) is 0. The lowest BCUT2D eigenvalue weighted by Gasteiger charge is -2.34. The summed E-state index contributed by atoms with van der Waals surface area (Å²) >= 11 is 1.49. The Balaban J connectivity index is 1.63. The van der Waals surface area contributed by atoms with Gasteiger partial charge in [-0.3, -0.25) is 9.69 Å². The van der Waals surface area contributed by atoms with E-state index in [4.69, 9.17) is 0 Å². The lowest BCUT2D eigenvalue weighted by atomic mass is 10.1. The molecule has 0 spiro atoms. The fourth-order valence-electron chi connectivity index (χ4n) is 2.90.